The van der Waals surface area contributed by atoms with Crippen LogP contribution in [0.5, 0.6) is 0 Å². The van der Waals surface area contributed by atoms with Crippen molar-refractivity contribution in [3.05, 3.63) is 12.7 Å². The van der Waals surface area contributed by atoms with Crippen molar-refractivity contribution in [1.29, 1.82) is 0 Å². The van der Waals surface area contributed by atoms with E-state index in [1.54, 1.807) is 0 Å². The number of nitrogens with zero attached hydrogens (tertiary/aromatic N) is 1. The van der Waals surface area contributed by atoms with Crippen LogP contribution >= 0.6 is 0 Å². The van der Waals surface area contributed by atoms with Crippen LogP contribution in [0.2, 0.25) is 0 Å². The maximum absolute atomic E-state index is 11.9. The van der Waals surface area contributed by atoms with Crippen LogP contribution in [0.3, 0.4) is 0 Å². The van der Waals surface area contributed by atoms with Gasteiger partial charge in [-0.15, -0.1) is 6.58 Å². The molecule has 0 saturated carbocycles. The minimum absolute atomic E-state index is 0.0194. The van der Waals surface area contributed by atoms with Crippen molar-refractivity contribution in [2.45, 2.75) is 37.8 Å². The van der Waals surface area contributed by atoms with Gasteiger partial charge in [-0.05, 0) is 25.7 Å². The molecular weight excluding hydrogens is 242 g/mol. The molecular formula is C14H25N3O2. The molecule has 2 amide bonds. The van der Waals surface area contributed by atoms with Crippen molar-refractivity contribution in [3.63, 3.8) is 0 Å². The number of rotatable bonds is 4. The van der Waals surface area contributed by atoms with Crippen molar-refractivity contribution >= 4 is 6.03 Å². The second-order valence-electron chi connectivity index (χ2n) is 5.37. The molecule has 0 aromatic heterocycles. The number of carbonyl (C=O) groups excluding carboxylic acids is 1. The molecule has 2 aliphatic rings. The number of carbonyl (C=O) groups is 1. The molecule has 0 aliphatic carbocycles. The van der Waals surface area contributed by atoms with Gasteiger partial charge in [0.1, 0.15) is 0 Å². The molecule has 108 valence electrons. The third-order valence-electron chi connectivity index (χ3n) is 3.87. The first-order chi connectivity index (χ1) is 9.28. The molecule has 2 fully saturated rings. The smallest absolute Gasteiger partial charge is 0.315 e. The van der Waals surface area contributed by atoms with E-state index >= 15 is 0 Å². The van der Waals surface area contributed by atoms with Gasteiger partial charge in [0.05, 0.1) is 0 Å². The molecule has 19 heavy (non-hydrogen) atoms. The summed E-state index contributed by atoms with van der Waals surface area (Å²) in [6, 6.07) is 0.560. The molecule has 5 nitrogen and oxygen atoms in total. The molecule has 2 saturated heterocycles. The van der Waals surface area contributed by atoms with Gasteiger partial charge in [0.15, 0.2) is 0 Å². The number of piperidine rings is 1. The maximum atomic E-state index is 11.9. The zero-order valence-corrected chi connectivity index (χ0v) is 11.6. The standard InChI is InChI=1S/C14H25N3O2/c1-2-7-17-8-3-12(4-9-17)15-14(18)16-13-5-10-19-11-6-13/h2,12-13H,1,3-11H2,(H2,15,16,18). The van der Waals surface area contributed by atoms with Crippen molar-refractivity contribution < 1.29 is 9.53 Å². The van der Waals surface area contributed by atoms with Crippen LogP contribution in [-0.2, 0) is 4.74 Å². The largest absolute Gasteiger partial charge is 0.381 e. The molecule has 2 aliphatic heterocycles. The van der Waals surface area contributed by atoms with Gasteiger partial charge >= 0.3 is 6.03 Å². The van der Waals surface area contributed by atoms with E-state index in [1.165, 1.54) is 0 Å². The van der Waals surface area contributed by atoms with Gasteiger partial charge in [-0.1, -0.05) is 6.08 Å². The number of amides is 2. The first kappa shape index (κ1) is 14.3. The highest BCUT2D eigenvalue weighted by atomic mass is 16.5. The molecule has 0 radical (unpaired) electrons. The Balaban J connectivity index is 1.64. The van der Waals surface area contributed by atoms with Gasteiger partial charge in [0.25, 0.3) is 0 Å². The quantitative estimate of drug-likeness (QED) is 0.750. The molecule has 0 spiro atoms. The average molecular weight is 267 g/mol. The van der Waals surface area contributed by atoms with Crippen LogP contribution in [0, 0.1) is 0 Å². The molecule has 2 heterocycles. The lowest BCUT2D eigenvalue weighted by Crippen LogP contribution is -2.50. The minimum atomic E-state index is -0.0194. The van der Waals surface area contributed by atoms with Gasteiger partial charge < -0.3 is 15.4 Å². The Labute approximate surface area is 115 Å². The fraction of sp³-hybridized carbons (Fsp3) is 0.786. The summed E-state index contributed by atoms with van der Waals surface area (Å²) in [4.78, 5) is 14.3. The van der Waals surface area contributed by atoms with E-state index < -0.39 is 0 Å². The van der Waals surface area contributed by atoms with Gasteiger partial charge in [0.2, 0.25) is 0 Å². The Kier molecular flexibility index (Phi) is 5.66. The first-order valence-corrected chi connectivity index (χ1v) is 7.26. The molecule has 0 atom stereocenters. The first-order valence-electron chi connectivity index (χ1n) is 7.26. The number of likely N-dealkylation sites (tertiary alicyclic amines) is 1. The van der Waals surface area contributed by atoms with E-state index in [1.807, 2.05) is 6.08 Å². The Morgan fingerprint density at radius 3 is 2.32 bits per heavy atom. The number of ether oxygens (including phenoxy) is 1. The lowest BCUT2D eigenvalue weighted by atomic mass is 10.1. The van der Waals surface area contributed by atoms with Crippen molar-refractivity contribution in [2.75, 3.05) is 32.8 Å². The predicted octanol–water partition coefficient (Wildman–Crippen LogP) is 1.11. The molecule has 2 N–H and O–H groups in total. The number of hydrogen-bond donors (Lipinski definition) is 2. The van der Waals surface area contributed by atoms with Crippen molar-refractivity contribution in [1.82, 2.24) is 15.5 Å². The Morgan fingerprint density at radius 2 is 1.74 bits per heavy atom. The van der Waals surface area contributed by atoms with E-state index in [-0.39, 0.29) is 12.1 Å². The molecule has 2 rings (SSSR count). The number of urea groups is 1. The van der Waals surface area contributed by atoms with Crippen LogP contribution in [0.4, 0.5) is 4.79 Å². The fourth-order valence-corrected chi connectivity index (χ4v) is 2.70. The average Bonchev–Trinajstić information content (AvgIpc) is 2.42. The summed E-state index contributed by atoms with van der Waals surface area (Å²) in [6.07, 6.45) is 5.83. The summed E-state index contributed by atoms with van der Waals surface area (Å²) in [6.45, 7) is 8.28. The van der Waals surface area contributed by atoms with Crippen LogP contribution < -0.4 is 10.6 Å². The predicted molar refractivity (Wildman–Crippen MR) is 75.2 cm³/mol. The molecule has 5 heteroatoms. The second-order valence-corrected chi connectivity index (χ2v) is 5.37. The molecule has 0 aromatic rings. The summed E-state index contributed by atoms with van der Waals surface area (Å²) < 4.78 is 5.28. The third-order valence-corrected chi connectivity index (χ3v) is 3.87. The summed E-state index contributed by atoms with van der Waals surface area (Å²) >= 11 is 0. The normalized spacial score (nSPS) is 22.9. The van der Waals surface area contributed by atoms with E-state index in [4.69, 9.17) is 4.74 Å². The summed E-state index contributed by atoms with van der Waals surface area (Å²) in [7, 11) is 0. The van der Waals surface area contributed by atoms with Crippen molar-refractivity contribution in [3.8, 4) is 0 Å². The Morgan fingerprint density at radius 1 is 1.16 bits per heavy atom. The van der Waals surface area contributed by atoms with E-state index in [0.29, 0.717) is 6.04 Å². The molecule has 0 aromatic carbocycles. The lowest BCUT2D eigenvalue weighted by molar-refractivity contribution is 0.0798. The fourth-order valence-electron chi connectivity index (χ4n) is 2.70. The van der Waals surface area contributed by atoms with Gasteiger partial charge in [0, 0.05) is 44.9 Å². The van der Waals surface area contributed by atoms with E-state index in [0.717, 1.165) is 58.5 Å². The van der Waals surface area contributed by atoms with Crippen LogP contribution in [0.25, 0.3) is 0 Å². The maximum Gasteiger partial charge on any atom is 0.315 e. The van der Waals surface area contributed by atoms with Crippen LogP contribution in [-0.4, -0.2) is 55.9 Å². The highest BCUT2D eigenvalue weighted by molar-refractivity contribution is 5.74. The third kappa shape index (κ3) is 4.84. The van der Waals surface area contributed by atoms with Gasteiger partial charge in [-0.3, -0.25) is 4.90 Å². The van der Waals surface area contributed by atoms with Crippen LogP contribution in [0.15, 0.2) is 12.7 Å². The zero-order chi connectivity index (χ0) is 13.5. The Hall–Kier alpha value is -1.07. The van der Waals surface area contributed by atoms with Crippen LogP contribution in [0.1, 0.15) is 25.7 Å². The SMILES string of the molecule is C=CCN1CCC(NC(=O)NC2CCOCC2)CC1. The van der Waals surface area contributed by atoms with Crippen molar-refractivity contribution in [2.24, 2.45) is 0 Å². The van der Waals surface area contributed by atoms with Gasteiger partial charge in [-0.25, -0.2) is 4.79 Å². The van der Waals surface area contributed by atoms with E-state index in [9.17, 15) is 4.79 Å². The minimum Gasteiger partial charge on any atom is -0.381 e. The monoisotopic (exact) mass is 267 g/mol. The summed E-state index contributed by atoms with van der Waals surface area (Å²) in [5, 5.41) is 6.13. The number of nitrogens with one attached hydrogen (secondary N) is 2. The highest BCUT2D eigenvalue weighted by Crippen LogP contribution is 2.10. The molecule has 0 bridgehead atoms. The van der Waals surface area contributed by atoms with E-state index in [2.05, 4.69) is 22.1 Å². The Bertz CT molecular complexity index is 295. The topological polar surface area (TPSA) is 53.6 Å². The second kappa shape index (κ2) is 7.50. The number of hydrogen-bond acceptors (Lipinski definition) is 3. The zero-order valence-electron chi connectivity index (χ0n) is 11.6. The summed E-state index contributed by atoms with van der Waals surface area (Å²) in [5.41, 5.74) is 0. The highest BCUT2D eigenvalue weighted by Gasteiger charge is 2.21. The molecule has 0 unspecified atom stereocenters. The van der Waals surface area contributed by atoms with Gasteiger partial charge in [-0.2, -0.15) is 0 Å². The lowest BCUT2D eigenvalue weighted by Gasteiger charge is -2.32. The summed E-state index contributed by atoms with van der Waals surface area (Å²) in [5.74, 6) is 0.